The SMILES string of the molecule is CCCn1cc(Br)cc1C(=O)NC1CC1CC. The van der Waals surface area contributed by atoms with Gasteiger partial charge in [0.2, 0.25) is 0 Å². The molecule has 0 radical (unpaired) electrons. The van der Waals surface area contributed by atoms with Crippen molar-refractivity contribution in [1.29, 1.82) is 0 Å². The summed E-state index contributed by atoms with van der Waals surface area (Å²) in [6.07, 6.45) is 5.30. The Morgan fingerprint density at radius 1 is 1.59 bits per heavy atom. The van der Waals surface area contributed by atoms with E-state index in [1.165, 1.54) is 0 Å². The second kappa shape index (κ2) is 5.25. The molecule has 0 saturated heterocycles. The highest BCUT2D eigenvalue weighted by molar-refractivity contribution is 9.10. The molecule has 1 aliphatic rings. The van der Waals surface area contributed by atoms with Gasteiger partial charge in [0, 0.05) is 23.3 Å². The molecule has 1 aromatic rings. The van der Waals surface area contributed by atoms with Crippen LogP contribution in [-0.2, 0) is 6.54 Å². The molecule has 2 rings (SSSR count). The van der Waals surface area contributed by atoms with Crippen LogP contribution in [-0.4, -0.2) is 16.5 Å². The molecule has 4 heteroatoms. The van der Waals surface area contributed by atoms with Gasteiger partial charge in [0.15, 0.2) is 0 Å². The lowest BCUT2D eigenvalue weighted by atomic mass is 10.3. The number of amides is 1. The average Bonchev–Trinajstić information content (AvgIpc) is 2.94. The Balaban J connectivity index is 2.03. The van der Waals surface area contributed by atoms with E-state index in [-0.39, 0.29) is 5.91 Å². The maximum absolute atomic E-state index is 12.1. The molecule has 17 heavy (non-hydrogen) atoms. The molecular formula is C13H19BrN2O. The third-order valence-corrected chi connectivity index (χ3v) is 3.76. The number of carbonyl (C=O) groups is 1. The third kappa shape index (κ3) is 2.92. The minimum Gasteiger partial charge on any atom is -0.348 e. The second-order valence-corrected chi connectivity index (χ2v) is 5.64. The molecule has 1 aromatic heterocycles. The second-order valence-electron chi connectivity index (χ2n) is 4.72. The zero-order chi connectivity index (χ0) is 12.4. The van der Waals surface area contributed by atoms with E-state index in [1.807, 2.05) is 16.8 Å². The van der Waals surface area contributed by atoms with Crippen molar-refractivity contribution in [2.75, 3.05) is 0 Å². The molecule has 1 fully saturated rings. The molecule has 2 unspecified atom stereocenters. The van der Waals surface area contributed by atoms with Crippen molar-refractivity contribution in [3.63, 3.8) is 0 Å². The summed E-state index contributed by atoms with van der Waals surface area (Å²) < 4.78 is 2.99. The molecule has 1 heterocycles. The largest absolute Gasteiger partial charge is 0.348 e. The Bertz CT molecular complexity index is 414. The van der Waals surface area contributed by atoms with Crippen LogP contribution in [0.25, 0.3) is 0 Å². The molecule has 0 aliphatic heterocycles. The van der Waals surface area contributed by atoms with Crippen molar-refractivity contribution in [3.8, 4) is 0 Å². The number of hydrogen-bond acceptors (Lipinski definition) is 1. The van der Waals surface area contributed by atoms with E-state index in [2.05, 4.69) is 35.1 Å². The van der Waals surface area contributed by atoms with Crippen LogP contribution in [0, 0.1) is 5.92 Å². The van der Waals surface area contributed by atoms with Crippen molar-refractivity contribution >= 4 is 21.8 Å². The molecule has 0 aromatic carbocycles. The van der Waals surface area contributed by atoms with E-state index in [0.717, 1.165) is 36.0 Å². The number of rotatable bonds is 5. The average molecular weight is 299 g/mol. The lowest BCUT2D eigenvalue weighted by Gasteiger charge is -2.08. The predicted octanol–water partition coefficient (Wildman–Crippen LogP) is 3.19. The van der Waals surface area contributed by atoms with Gasteiger partial charge < -0.3 is 9.88 Å². The van der Waals surface area contributed by atoms with Crippen molar-refractivity contribution in [2.45, 2.75) is 45.7 Å². The van der Waals surface area contributed by atoms with Crippen LogP contribution in [0.4, 0.5) is 0 Å². The van der Waals surface area contributed by atoms with Crippen molar-refractivity contribution in [1.82, 2.24) is 9.88 Å². The first kappa shape index (κ1) is 12.7. The highest BCUT2D eigenvalue weighted by Crippen LogP contribution is 2.33. The van der Waals surface area contributed by atoms with Gasteiger partial charge in [0.05, 0.1) is 0 Å². The number of halogens is 1. The summed E-state index contributed by atoms with van der Waals surface area (Å²) in [7, 11) is 0. The van der Waals surface area contributed by atoms with Gasteiger partial charge in [-0.2, -0.15) is 0 Å². The van der Waals surface area contributed by atoms with Gasteiger partial charge in [-0.1, -0.05) is 20.3 Å². The van der Waals surface area contributed by atoms with Crippen LogP contribution >= 0.6 is 15.9 Å². The van der Waals surface area contributed by atoms with Crippen molar-refractivity contribution in [3.05, 3.63) is 22.4 Å². The van der Waals surface area contributed by atoms with Crippen LogP contribution < -0.4 is 5.32 Å². The van der Waals surface area contributed by atoms with Gasteiger partial charge in [-0.15, -0.1) is 0 Å². The number of aromatic nitrogens is 1. The summed E-state index contributed by atoms with van der Waals surface area (Å²) in [4.78, 5) is 12.1. The summed E-state index contributed by atoms with van der Waals surface area (Å²) in [5, 5.41) is 3.10. The first-order chi connectivity index (χ1) is 8.15. The van der Waals surface area contributed by atoms with Crippen molar-refractivity contribution < 1.29 is 4.79 Å². The number of nitrogens with zero attached hydrogens (tertiary/aromatic N) is 1. The number of aryl methyl sites for hydroxylation is 1. The predicted molar refractivity (Wildman–Crippen MR) is 72.1 cm³/mol. The van der Waals surface area contributed by atoms with Crippen LogP contribution in [0.2, 0.25) is 0 Å². The normalized spacial score (nSPS) is 22.5. The van der Waals surface area contributed by atoms with Crippen molar-refractivity contribution in [2.24, 2.45) is 5.92 Å². The highest BCUT2D eigenvalue weighted by Gasteiger charge is 2.36. The minimum atomic E-state index is 0.0603. The van der Waals surface area contributed by atoms with Crippen LogP contribution in [0.5, 0.6) is 0 Å². The summed E-state index contributed by atoms with van der Waals surface area (Å²) >= 11 is 3.43. The molecule has 1 amide bonds. The molecule has 1 aliphatic carbocycles. The molecule has 2 atom stereocenters. The molecule has 3 nitrogen and oxygen atoms in total. The standard InChI is InChI=1S/C13H19BrN2O/c1-3-5-16-8-10(14)7-12(16)13(17)15-11-6-9(11)4-2/h7-9,11H,3-6H2,1-2H3,(H,15,17). The smallest absolute Gasteiger partial charge is 0.268 e. The Labute approximate surface area is 111 Å². The third-order valence-electron chi connectivity index (χ3n) is 3.32. The zero-order valence-electron chi connectivity index (χ0n) is 10.4. The lowest BCUT2D eigenvalue weighted by Crippen LogP contribution is -2.28. The number of nitrogens with one attached hydrogen (secondary N) is 1. The fraction of sp³-hybridized carbons (Fsp3) is 0.615. The Morgan fingerprint density at radius 2 is 2.35 bits per heavy atom. The van der Waals surface area contributed by atoms with E-state index in [0.29, 0.717) is 12.0 Å². The summed E-state index contributed by atoms with van der Waals surface area (Å²) in [6.45, 7) is 5.17. The van der Waals surface area contributed by atoms with E-state index >= 15 is 0 Å². The van der Waals surface area contributed by atoms with Crippen LogP contribution in [0.15, 0.2) is 16.7 Å². The minimum absolute atomic E-state index is 0.0603. The van der Waals surface area contributed by atoms with Gasteiger partial charge in [-0.05, 0) is 40.8 Å². The van der Waals surface area contributed by atoms with Gasteiger partial charge in [0.1, 0.15) is 5.69 Å². The van der Waals surface area contributed by atoms with Crippen LogP contribution in [0.3, 0.4) is 0 Å². The first-order valence-corrected chi connectivity index (χ1v) is 7.11. The lowest BCUT2D eigenvalue weighted by molar-refractivity contribution is 0.0939. The van der Waals surface area contributed by atoms with Gasteiger partial charge in [0.25, 0.3) is 5.91 Å². The molecule has 1 N–H and O–H groups in total. The topological polar surface area (TPSA) is 34.0 Å². The molecule has 94 valence electrons. The maximum Gasteiger partial charge on any atom is 0.268 e. The molecular weight excluding hydrogens is 280 g/mol. The van der Waals surface area contributed by atoms with E-state index in [1.54, 1.807) is 0 Å². The fourth-order valence-corrected chi connectivity index (χ4v) is 2.67. The fourth-order valence-electron chi connectivity index (χ4n) is 2.21. The van der Waals surface area contributed by atoms with E-state index in [4.69, 9.17) is 0 Å². The zero-order valence-corrected chi connectivity index (χ0v) is 12.0. The Kier molecular flexibility index (Phi) is 3.92. The number of hydrogen-bond donors (Lipinski definition) is 1. The molecule has 1 saturated carbocycles. The van der Waals surface area contributed by atoms with Gasteiger partial charge in [-0.3, -0.25) is 4.79 Å². The summed E-state index contributed by atoms with van der Waals surface area (Å²) in [6, 6.07) is 2.30. The van der Waals surface area contributed by atoms with Gasteiger partial charge >= 0.3 is 0 Å². The van der Waals surface area contributed by atoms with Crippen LogP contribution in [0.1, 0.15) is 43.6 Å². The first-order valence-electron chi connectivity index (χ1n) is 6.32. The van der Waals surface area contributed by atoms with E-state index < -0.39 is 0 Å². The van der Waals surface area contributed by atoms with E-state index in [9.17, 15) is 4.79 Å². The monoisotopic (exact) mass is 298 g/mol. The molecule has 0 spiro atoms. The highest BCUT2D eigenvalue weighted by atomic mass is 79.9. The summed E-state index contributed by atoms with van der Waals surface area (Å²) in [5.74, 6) is 0.752. The Morgan fingerprint density at radius 3 is 2.94 bits per heavy atom. The van der Waals surface area contributed by atoms with Gasteiger partial charge in [-0.25, -0.2) is 0 Å². The summed E-state index contributed by atoms with van der Waals surface area (Å²) in [5.41, 5.74) is 0.764. The number of carbonyl (C=O) groups excluding carboxylic acids is 1. The quantitative estimate of drug-likeness (QED) is 0.890. The Hall–Kier alpha value is -0.770. The molecule has 0 bridgehead atoms. The maximum atomic E-state index is 12.1.